The van der Waals surface area contributed by atoms with Crippen molar-refractivity contribution in [3.05, 3.63) is 62.5 Å². The third-order valence-corrected chi connectivity index (χ3v) is 6.03. The van der Waals surface area contributed by atoms with Gasteiger partial charge in [0.25, 0.3) is 0 Å². The predicted octanol–water partition coefficient (Wildman–Crippen LogP) is 7.01. The molecule has 4 heteroatoms. The van der Waals surface area contributed by atoms with Crippen molar-refractivity contribution >= 4 is 48.7 Å². The molecule has 1 aliphatic carbocycles. The lowest BCUT2D eigenvalue weighted by molar-refractivity contribution is 0.407. The minimum absolute atomic E-state index is 0.830. The summed E-state index contributed by atoms with van der Waals surface area (Å²) in [4.78, 5) is 0. The van der Waals surface area contributed by atoms with E-state index in [1.54, 1.807) is 14.2 Å². The van der Waals surface area contributed by atoms with E-state index in [-0.39, 0.29) is 0 Å². The average Bonchev–Trinajstić information content (AvgIpc) is 2.66. The van der Waals surface area contributed by atoms with Crippen LogP contribution in [0.3, 0.4) is 0 Å². The molecule has 3 aromatic rings. The Morgan fingerprint density at radius 2 is 1.58 bits per heavy atom. The molecule has 0 atom stereocenters. The number of benzene rings is 3. The lowest BCUT2D eigenvalue weighted by Crippen LogP contribution is -2.03. The Labute approximate surface area is 170 Å². The highest BCUT2D eigenvalue weighted by molar-refractivity contribution is 9.11. The first-order chi connectivity index (χ1) is 12.7. The van der Waals surface area contributed by atoms with Crippen molar-refractivity contribution in [2.75, 3.05) is 14.2 Å². The van der Waals surface area contributed by atoms with Crippen LogP contribution < -0.4 is 9.47 Å². The number of rotatable bonds is 3. The fourth-order valence-electron chi connectivity index (χ4n) is 3.75. The third-order valence-electron chi connectivity index (χ3n) is 4.85. The van der Waals surface area contributed by atoms with E-state index in [0.717, 1.165) is 55.2 Å². The molecular weight excluding hydrogens is 456 g/mol. The van der Waals surface area contributed by atoms with Crippen LogP contribution in [0.2, 0.25) is 0 Å². The van der Waals surface area contributed by atoms with Gasteiger partial charge in [0.05, 0.1) is 23.2 Å². The van der Waals surface area contributed by atoms with Crippen LogP contribution in [-0.2, 0) is 6.42 Å². The SMILES string of the molecule is COc1c(Br)cc2c(c1-c1c(OC)c(Br)cc3ccccc13)CCC=C2. The van der Waals surface area contributed by atoms with Crippen molar-refractivity contribution in [1.29, 1.82) is 0 Å². The van der Waals surface area contributed by atoms with Crippen LogP contribution in [0.1, 0.15) is 17.5 Å². The van der Waals surface area contributed by atoms with Crippen LogP contribution in [0.4, 0.5) is 0 Å². The summed E-state index contributed by atoms with van der Waals surface area (Å²) >= 11 is 7.40. The highest BCUT2D eigenvalue weighted by Crippen LogP contribution is 2.50. The van der Waals surface area contributed by atoms with Crippen molar-refractivity contribution in [3.63, 3.8) is 0 Å². The van der Waals surface area contributed by atoms with E-state index in [1.165, 1.54) is 11.1 Å². The first kappa shape index (κ1) is 17.6. The molecule has 0 saturated heterocycles. The van der Waals surface area contributed by atoms with Gasteiger partial charge in [-0.05, 0) is 78.7 Å². The van der Waals surface area contributed by atoms with E-state index in [2.05, 4.69) is 80.4 Å². The lowest BCUT2D eigenvalue weighted by Gasteiger charge is -2.23. The average molecular weight is 474 g/mol. The van der Waals surface area contributed by atoms with Crippen LogP contribution >= 0.6 is 31.9 Å². The summed E-state index contributed by atoms with van der Waals surface area (Å²) in [5.74, 6) is 1.68. The molecule has 0 aromatic heterocycles. The Bertz CT molecular complexity index is 1040. The Morgan fingerprint density at radius 1 is 0.885 bits per heavy atom. The van der Waals surface area contributed by atoms with Gasteiger partial charge in [-0.2, -0.15) is 0 Å². The maximum absolute atomic E-state index is 5.84. The molecule has 0 N–H and O–H groups in total. The van der Waals surface area contributed by atoms with Crippen molar-refractivity contribution in [2.45, 2.75) is 12.8 Å². The molecule has 2 nitrogen and oxygen atoms in total. The smallest absolute Gasteiger partial charge is 0.141 e. The van der Waals surface area contributed by atoms with E-state index in [1.807, 2.05) is 0 Å². The summed E-state index contributed by atoms with van der Waals surface area (Å²) < 4.78 is 13.6. The van der Waals surface area contributed by atoms with Gasteiger partial charge >= 0.3 is 0 Å². The molecule has 3 aromatic carbocycles. The molecule has 1 aliphatic rings. The van der Waals surface area contributed by atoms with E-state index in [0.29, 0.717) is 0 Å². The molecule has 0 fully saturated rings. The molecule has 0 radical (unpaired) electrons. The molecule has 0 spiro atoms. The first-order valence-electron chi connectivity index (χ1n) is 8.47. The van der Waals surface area contributed by atoms with Gasteiger partial charge in [0, 0.05) is 11.1 Å². The van der Waals surface area contributed by atoms with Gasteiger partial charge < -0.3 is 9.47 Å². The van der Waals surface area contributed by atoms with Gasteiger partial charge in [-0.15, -0.1) is 0 Å². The second kappa shape index (κ2) is 7.09. The second-order valence-electron chi connectivity index (χ2n) is 6.26. The van der Waals surface area contributed by atoms with Crippen molar-refractivity contribution < 1.29 is 9.47 Å². The normalized spacial score (nSPS) is 12.9. The van der Waals surface area contributed by atoms with Crippen LogP contribution in [-0.4, -0.2) is 14.2 Å². The summed E-state index contributed by atoms with van der Waals surface area (Å²) in [6.07, 6.45) is 6.42. The standard InChI is InChI=1S/C22H18Br2O2/c1-25-21-17(23)11-13-7-3-5-9-15(13)19(21)20-16-10-6-4-8-14(16)12-18(24)22(20)26-2/h3-5,7-9,11-12H,6,10H2,1-2H3. The number of allylic oxidation sites excluding steroid dienone is 1. The third kappa shape index (κ3) is 2.76. The highest BCUT2D eigenvalue weighted by Gasteiger charge is 2.25. The number of ether oxygens (including phenoxy) is 2. The van der Waals surface area contributed by atoms with Gasteiger partial charge in [-0.1, -0.05) is 36.4 Å². The lowest BCUT2D eigenvalue weighted by atomic mass is 9.86. The summed E-state index contributed by atoms with van der Waals surface area (Å²) in [6, 6.07) is 12.6. The molecule has 0 bridgehead atoms. The quantitative estimate of drug-likeness (QED) is 0.407. The monoisotopic (exact) mass is 472 g/mol. The number of methoxy groups -OCH3 is 2. The van der Waals surface area contributed by atoms with Gasteiger partial charge in [-0.25, -0.2) is 0 Å². The highest BCUT2D eigenvalue weighted by atomic mass is 79.9. The van der Waals surface area contributed by atoms with Crippen molar-refractivity contribution in [3.8, 4) is 22.6 Å². The van der Waals surface area contributed by atoms with Crippen LogP contribution in [0.15, 0.2) is 51.4 Å². The fourth-order valence-corrected chi connectivity index (χ4v) is 4.97. The molecule has 0 saturated carbocycles. The molecule has 0 aliphatic heterocycles. The van der Waals surface area contributed by atoms with Gasteiger partial charge in [0.15, 0.2) is 0 Å². The molecule has 0 unspecified atom stereocenters. The van der Waals surface area contributed by atoms with Crippen LogP contribution in [0.25, 0.3) is 28.0 Å². The zero-order chi connectivity index (χ0) is 18.3. The van der Waals surface area contributed by atoms with E-state index < -0.39 is 0 Å². The van der Waals surface area contributed by atoms with E-state index >= 15 is 0 Å². The van der Waals surface area contributed by atoms with Crippen LogP contribution in [0, 0.1) is 0 Å². The maximum Gasteiger partial charge on any atom is 0.141 e. The zero-order valence-electron chi connectivity index (χ0n) is 14.6. The summed E-state index contributed by atoms with van der Waals surface area (Å²) in [6.45, 7) is 0. The molecule has 26 heavy (non-hydrogen) atoms. The molecular formula is C22H18Br2O2. The molecule has 4 rings (SSSR count). The second-order valence-corrected chi connectivity index (χ2v) is 7.97. The maximum atomic E-state index is 5.84. The number of fused-ring (bicyclic) bond motifs is 2. The topological polar surface area (TPSA) is 18.5 Å². The summed E-state index contributed by atoms with van der Waals surface area (Å²) in [5.41, 5.74) is 4.71. The van der Waals surface area contributed by atoms with E-state index in [9.17, 15) is 0 Å². The minimum atomic E-state index is 0.830. The summed E-state index contributed by atoms with van der Waals surface area (Å²) in [7, 11) is 3.44. The van der Waals surface area contributed by atoms with Gasteiger partial charge in [-0.3, -0.25) is 0 Å². The van der Waals surface area contributed by atoms with Crippen molar-refractivity contribution in [1.82, 2.24) is 0 Å². The van der Waals surface area contributed by atoms with Crippen molar-refractivity contribution in [2.24, 2.45) is 0 Å². The van der Waals surface area contributed by atoms with Crippen LogP contribution in [0.5, 0.6) is 11.5 Å². The molecule has 0 heterocycles. The Kier molecular flexibility index (Phi) is 4.80. The van der Waals surface area contributed by atoms with E-state index in [4.69, 9.17) is 9.47 Å². The van der Waals surface area contributed by atoms with Gasteiger partial charge in [0.1, 0.15) is 11.5 Å². The fraction of sp³-hybridized carbons (Fsp3) is 0.182. The number of halogens is 2. The molecule has 132 valence electrons. The number of hydrogen-bond donors (Lipinski definition) is 0. The predicted molar refractivity (Wildman–Crippen MR) is 115 cm³/mol. The Hall–Kier alpha value is -1.78. The number of hydrogen-bond acceptors (Lipinski definition) is 2. The molecule has 0 amide bonds. The Balaban J connectivity index is 2.21. The largest absolute Gasteiger partial charge is 0.495 e. The zero-order valence-corrected chi connectivity index (χ0v) is 17.8. The van der Waals surface area contributed by atoms with Gasteiger partial charge in [0.2, 0.25) is 0 Å². The first-order valence-corrected chi connectivity index (χ1v) is 10.1. The minimum Gasteiger partial charge on any atom is -0.495 e. The summed E-state index contributed by atoms with van der Waals surface area (Å²) in [5, 5.41) is 2.32. The Morgan fingerprint density at radius 3 is 2.35 bits per heavy atom.